The second-order valence-electron chi connectivity index (χ2n) is 4.54. The average molecular weight is 287 g/mol. The minimum absolute atomic E-state index is 0.140. The van der Waals surface area contributed by atoms with E-state index >= 15 is 0 Å². The van der Waals surface area contributed by atoms with Gasteiger partial charge in [-0.15, -0.1) is 0 Å². The molecule has 0 saturated heterocycles. The second kappa shape index (κ2) is 4.68. The monoisotopic (exact) mass is 287 g/mol. The molecule has 3 rings (SSSR count). The number of hydrogen-bond donors (Lipinski definition) is 0. The number of aromatic nitrogens is 1. The number of nitrogens with zero attached hydrogens (tertiary/aromatic N) is 1. The smallest absolute Gasteiger partial charge is 0.284 e. The Bertz CT molecular complexity index is 848. The van der Waals surface area contributed by atoms with Crippen LogP contribution in [0.4, 0.5) is 0 Å². The van der Waals surface area contributed by atoms with Crippen molar-refractivity contribution in [1.82, 2.24) is 4.73 Å². The lowest BCUT2D eigenvalue weighted by Crippen LogP contribution is -2.19. The summed E-state index contributed by atoms with van der Waals surface area (Å²) in [5.74, 6) is 0. The van der Waals surface area contributed by atoms with Gasteiger partial charge in [0.15, 0.2) is 0 Å². The topological polar surface area (TPSA) is 48.3 Å². The molecule has 0 atom stereocenters. The van der Waals surface area contributed by atoms with Gasteiger partial charge >= 0.3 is 10.1 Å². The van der Waals surface area contributed by atoms with Gasteiger partial charge in [-0.1, -0.05) is 35.9 Å². The molecule has 1 aromatic heterocycles. The van der Waals surface area contributed by atoms with Crippen LogP contribution in [0.2, 0.25) is 0 Å². The summed E-state index contributed by atoms with van der Waals surface area (Å²) in [6, 6.07) is 15.8. The first kappa shape index (κ1) is 12.7. The molecule has 3 aromatic rings. The van der Waals surface area contributed by atoms with E-state index in [0.29, 0.717) is 5.52 Å². The summed E-state index contributed by atoms with van der Waals surface area (Å²) >= 11 is 0. The number of fused-ring (bicyclic) bond motifs is 1. The SMILES string of the molecule is Cc1ccc(S(=O)(=O)On2ccc3ccccc32)cc1. The van der Waals surface area contributed by atoms with Gasteiger partial charge < -0.3 is 0 Å². The third-order valence-corrected chi connectivity index (χ3v) is 4.26. The van der Waals surface area contributed by atoms with Crippen molar-refractivity contribution in [3.05, 3.63) is 66.4 Å². The Morgan fingerprint density at radius 2 is 1.65 bits per heavy atom. The molecule has 0 N–H and O–H groups in total. The lowest BCUT2D eigenvalue weighted by atomic mass is 10.2. The normalized spacial score (nSPS) is 11.7. The van der Waals surface area contributed by atoms with Gasteiger partial charge in [-0.25, -0.2) is 0 Å². The molecule has 0 aliphatic carbocycles. The molecule has 0 unspecified atom stereocenters. The van der Waals surface area contributed by atoms with Crippen molar-refractivity contribution in [3.8, 4) is 0 Å². The van der Waals surface area contributed by atoms with Crippen LogP contribution < -0.4 is 4.28 Å². The molecule has 1 heterocycles. The summed E-state index contributed by atoms with van der Waals surface area (Å²) in [7, 11) is -3.83. The van der Waals surface area contributed by atoms with Crippen LogP contribution >= 0.6 is 0 Å². The van der Waals surface area contributed by atoms with Crippen molar-refractivity contribution in [2.45, 2.75) is 11.8 Å². The summed E-state index contributed by atoms with van der Waals surface area (Å²) in [6.45, 7) is 1.90. The van der Waals surface area contributed by atoms with E-state index in [4.69, 9.17) is 4.28 Å². The van der Waals surface area contributed by atoms with Crippen LogP contribution in [0, 0.1) is 6.92 Å². The van der Waals surface area contributed by atoms with Gasteiger partial charge in [-0.05, 0) is 31.2 Å². The van der Waals surface area contributed by atoms with Gasteiger partial charge in [-0.3, -0.25) is 4.28 Å². The maximum absolute atomic E-state index is 12.2. The van der Waals surface area contributed by atoms with Gasteiger partial charge in [0.05, 0.1) is 5.52 Å². The Balaban J connectivity index is 1.99. The molecule has 102 valence electrons. The zero-order valence-electron chi connectivity index (χ0n) is 10.9. The molecule has 0 bridgehead atoms. The van der Waals surface area contributed by atoms with Gasteiger partial charge in [-0.2, -0.15) is 13.1 Å². The van der Waals surface area contributed by atoms with E-state index in [9.17, 15) is 8.42 Å². The van der Waals surface area contributed by atoms with E-state index in [0.717, 1.165) is 10.9 Å². The lowest BCUT2D eigenvalue weighted by Gasteiger charge is -2.08. The van der Waals surface area contributed by atoms with Gasteiger partial charge in [0, 0.05) is 11.6 Å². The minimum atomic E-state index is -3.83. The molecule has 5 heteroatoms. The fourth-order valence-corrected chi connectivity index (χ4v) is 2.87. The highest BCUT2D eigenvalue weighted by atomic mass is 32.2. The minimum Gasteiger partial charge on any atom is -0.284 e. The molecule has 0 amide bonds. The summed E-state index contributed by atoms with van der Waals surface area (Å²) in [5, 5.41) is 0.923. The molecule has 0 spiro atoms. The van der Waals surface area contributed by atoms with Gasteiger partial charge in [0.1, 0.15) is 4.90 Å². The number of rotatable bonds is 3. The zero-order valence-corrected chi connectivity index (χ0v) is 11.7. The van der Waals surface area contributed by atoms with Crippen molar-refractivity contribution in [2.24, 2.45) is 0 Å². The summed E-state index contributed by atoms with van der Waals surface area (Å²) in [6.07, 6.45) is 1.59. The van der Waals surface area contributed by atoms with Crippen molar-refractivity contribution < 1.29 is 12.7 Å². The second-order valence-corrected chi connectivity index (χ2v) is 6.07. The van der Waals surface area contributed by atoms with E-state index < -0.39 is 10.1 Å². The molecule has 0 saturated carbocycles. The standard InChI is InChI=1S/C15H13NO3S/c1-12-6-8-14(9-7-12)20(17,18)19-16-11-10-13-4-2-3-5-15(13)16/h2-11H,1H3. The number of hydrogen-bond acceptors (Lipinski definition) is 3. The lowest BCUT2D eigenvalue weighted by molar-refractivity contribution is 0.293. The van der Waals surface area contributed by atoms with Crippen LogP contribution in [0.3, 0.4) is 0 Å². The first-order valence-corrected chi connectivity index (χ1v) is 7.55. The summed E-state index contributed by atoms with van der Waals surface area (Å²) in [5.41, 5.74) is 1.71. The van der Waals surface area contributed by atoms with E-state index in [2.05, 4.69) is 0 Å². The number of para-hydroxylation sites is 1. The maximum atomic E-state index is 12.2. The third kappa shape index (κ3) is 2.28. The third-order valence-electron chi connectivity index (χ3n) is 3.05. The van der Waals surface area contributed by atoms with Crippen LogP contribution in [0.1, 0.15) is 5.56 Å². The van der Waals surface area contributed by atoms with Crippen LogP contribution in [-0.4, -0.2) is 13.1 Å². The zero-order chi connectivity index (χ0) is 14.2. The predicted octanol–water partition coefficient (Wildman–Crippen LogP) is 2.77. The van der Waals surface area contributed by atoms with E-state index in [1.165, 1.54) is 16.9 Å². The van der Waals surface area contributed by atoms with Gasteiger partial charge in [0.25, 0.3) is 0 Å². The molecular weight excluding hydrogens is 274 g/mol. The van der Waals surface area contributed by atoms with Crippen molar-refractivity contribution in [3.63, 3.8) is 0 Å². The fourth-order valence-electron chi connectivity index (χ4n) is 1.98. The predicted molar refractivity (Wildman–Crippen MR) is 76.9 cm³/mol. The Morgan fingerprint density at radius 1 is 0.950 bits per heavy atom. The highest BCUT2D eigenvalue weighted by Gasteiger charge is 2.17. The molecule has 0 aliphatic heterocycles. The molecule has 2 aromatic carbocycles. The van der Waals surface area contributed by atoms with Crippen molar-refractivity contribution in [2.75, 3.05) is 0 Å². The maximum Gasteiger partial charge on any atom is 0.357 e. The fraction of sp³-hybridized carbons (Fsp3) is 0.0667. The summed E-state index contributed by atoms with van der Waals surface area (Å²) < 4.78 is 30.9. The largest absolute Gasteiger partial charge is 0.357 e. The average Bonchev–Trinajstić information content (AvgIpc) is 2.82. The molecule has 0 aliphatic rings. The van der Waals surface area contributed by atoms with E-state index in [-0.39, 0.29) is 4.90 Å². The Kier molecular flexibility index (Phi) is 2.99. The molecule has 0 fully saturated rings. The molecule has 4 nitrogen and oxygen atoms in total. The van der Waals surface area contributed by atoms with Crippen LogP contribution in [0.15, 0.2) is 65.7 Å². The Labute approximate surface area is 117 Å². The number of aryl methyl sites for hydroxylation is 1. The molecule has 0 radical (unpaired) electrons. The quantitative estimate of drug-likeness (QED) is 0.744. The van der Waals surface area contributed by atoms with Crippen LogP contribution in [0.25, 0.3) is 10.9 Å². The van der Waals surface area contributed by atoms with Gasteiger partial charge in [0.2, 0.25) is 0 Å². The molecular formula is C15H13NO3S. The Morgan fingerprint density at radius 3 is 2.40 bits per heavy atom. The van der Waals surface area contributed by atoms with E-state index in [1.54, 1.807) is 30.5 Å². The number of benzene rings is 2. The highest BCUT2D eigenvalue weighted by Crippen LogP contribution is 2.17. The van der Waals surface area contributed by atoms with Crippen molar-refractivity contribution >= 4 is 21.0 Å². The first-order chi connectivity index (χ1) is 9.56. The molecule has 20 heavy (non-hydrogen) atoms. The summed E-state index contributed by atoms with van der Waals surface area (Å²) in [4.78, 5) is 0.140. The Hall–Kier alpha value is -2.27. The van der Waals surface area contributed by atoms with Crippen LogP contribution in [-0.2, 0) is 10.1 Å². The highest BCUT2D eigenvalue weighted by molar-refractivity contribution is 7.87. The van der Waals surface area contributed by atoms with Crippen molar-refractivity contribution in [1.29, 1.82) is 0 Å². The van der Waals surface area contributed by atoms with E-state index in [1.807, 2.05) is 25.1 Å². The first-order valence-electron chi connectivity index (χ1n) is 6.14. The van der Waals surface area contributed by atoms with Crippen LogP contribution in [0.5, 0.6) is 0 Å².